The number of aliphatic hydroxyl groups is 2. The van der Waals surface area contributed by atoms with Crippen LogP contribution in [0.4, 0.5) is 0 Å². The first-order valence-electron chi connectivity index (χ1n) is 4.87. The fraction of sp³-hybridized carbons (Fsp3) is 1.00. The van der Waals surface area contributed by atoms with E-state index in [0.717, 1.165) is 19.3 Å². The average molecular weight is 188 g/mol. The van der Waals surface area contributed by atoms with Crippen LogP contribution in [-0.2, 0) is 9.47 Å². The predicted molar refractivity (Wildman–Crippen MR) is 45.1 cm³/mol. The van der Waals surface area contributed by atoms with Crippen LogP contribution in [-0.4, -0.2) is 41.4 Å². The van der Waals surface area contributed by atoms with Gasteiger partial charge < -0.3 is 19.7 Å². The summed E-state index contributed by atoms with van der Waals surface area (Å²) < 4.78 is 10.9. The Kier molecular flexibility index (Phi) is 2.55. The van der Waals surface area contributed by atoms with Crippen LogP contribution in [0.5, 0.6) is 0 Å². The molecule has 4 nitrogen and oxygen atoms in total. The van der Waals surface area contributed by atoms with E-state index in [-0.39, 0.29) is 6.61 Å². The first-order chi connectivity index (χ1) is 6.23. The van der Waals surface area contributed by atoms with Crippen molar-refractivity contribution in [2.24, 2.45) is 0 Å². The van der Waals surface area contributed by atoms with Gasteiger partial charge in [-0.25, -0.2) is 0 Å². The number of hydrogen-bond acceptors (Lipinski definition) is 4. The van der Waals surface area contributed by atoms with Crippen LogP contribution in [0.2, 0.25) is 0 Å². The van der Waals surface area contributed by atoms with E-state index in [0.29, 0.717) is 13.0 Å². The van der Waals surface area contributed by atoms with Gasteiger partial charge in [-0.1, -0.05) is 0 Å². The highest BCUT2D eigenvalue weighted by atomic mass is 16.7. The number of rotatable bonds is 0. The van der Waals surface area contributed by atoms with Gasteiger partial charge in [-0.2, -0.15) is 0 Å². The van der Waals surface area contributed by atoms with Crippen LogP contribution < -0.4 is 0 Å². The Morgan fingerprint density at radius 3 is 2.62 bits per heavy atom. The SMILES string of the molecule is O[C@@H]1CO[C@@]2(CCCCO2)[C@@H](O)C1. The van der Waals surface area contributed by atoms with Crippen molar-refractivity contribution in [2.45, 2.75) is 43.7 Å². The van der Waals surface area contributed by atoms with Gasteiger partial charge in [-0.15, -0.1) is 0 Å². The number of aliphatic hydroxyl groups excluding tert-OH is 2. The van der Waals surface area contributed by atoms with Gasteiger partial charge in [0.05, 0.1) is 19.3 Å². The standard InChI is InChI=1S/C9H16O4/c10-7-5-8(11)9(13-6-7)3-1-2-4-12-9/h7-8,10-11H,1-6H2/t7-,8-,9-/m0/s1. The van der Waals surface area contributed by atoms with E-state index in [9.17, 15) is 10.2 Å². The molecule has 0 saturated carbocycles. The lowest BCUT2D eigenvalue weighted by Gasteiger charge is -2.44. The van der Waals surface area contributed by atoms with Gasteiger partial charge in [-0.3, -0.25) is 0 Å². The zero-order valence-corrected chi connectivity index (χ0v) is 7.61. The molecular formula is C9H16O4. The van der Waals surface area contributed by atoms with Crippen LogP contribution in [0, 0.1) is 0 Å². The Labute approximate surface area is 77.5 Å². The summed E-state index contributed by atoms with van der Waals surface area (Å²) in [7, 11) is 0. The normalized spacial score (nSPS) is 46.6. The van der Waals surface area contributed by atoms with Gasteiger partial charge in [-0.05, 0) is 12.8 Å². The Morgan fingerprint density at radius 1 is 1.15 bits per heavy atom. The van der Waals surface area contributed by atoms with Crippen molar-refractivity contribution in [3.8, 4) is 0 Å². The van der Waals surface area contributed by atoms with Crippen molar-refractivity contribution in [3.63, 3.8) is 0 Å². The maximum absolute atomic E-state index is 9.74. The van der Waals surface area contributed by atoms with Gasteiger partial charge in [0.1, 0.15) is 6.10 Å². The minimum Gasteiger partial charge on any atom is -0.391 e. The third kappa shape index (κ3) is 1.72. The molecule has 1 spiro atoms. The molecule has 0 aliphatic carbocycles. The fourth-order valence-corrected chi connectivity index (χ4v) is 2.01. The zero-order valence-electron chi connectivity index (χ0n) is 7.61. The van der Waals surface area contributed by atoms with E-state index >= 15 is 0 Å². The molecule has 0 aromatic heterocycles. The molecule has 2 rings (SSSR count). The summed E-state index contributed by atoms with van der Waals surface area (Å²) in [6, 6.07) is 0. The van der Waals surface area contributed by atoms with Crippen molar-refractivity contribution in [3.05, 3.63) is 0 Å². The van der Waals surface area contributed by atoms with Gasteiger partial charge in [0.15, 0.2) is 5.79 Å². The highest BCUT2D eigenvalue weighted by molar-refractivity contribution is 4.87. The molecular weight excluding hydrogens is 172 g/mol. The molecule has 2 aliphatic rings. The molecule has 4 heteroatoms. The molecule has 2 saturated heterocycles. The second-order valence-corrected chi connectivity index (χ2v) is 3.83. The molecule has 2 heterocycles. The molecule has 0 amide bonds. The summed E-state index contributed by atoms with van der Waals surface area (Å²) in [6.45, 7) is 0.921. The second-order valence-electron chi connectivity index (χ2n) is 3.83. The highest BCUT2D eigenvalue weighted by Crippen LogP contribution is 2.34. The molecule has 0 radical (unpaired) electrons. The lowest BCUT2D eigenvalue weighted by Crippen LogP contribution is -2.55. The van der Waals surface area contributed by atoms with E-state index < -0.39 is 18.0 Å². The van der Waals surface area contributed by atoms with Gasteiger partial charge in [0, 0.05) is 12.8 Å². The quantitative estimate of drug-likeness (QED) is 0.563. The molecule has 0 bridgehead atoms. The van der Waals surface area contributed by atoms with Crippen molar-refractivity contribution >= 4 is 0 Å². The molecule has 3 atom stereocenters. The summed E-state index contributed by atoms with van der Waals surface area (Å²) in [5.74, 6) is -0.808. The van der Waals surface area contributed by atoms with Crippen molar-refractivity contribution in [2.75, 3.05) is 13.2 Å². The third-order valence-electron chi connectivity index (χ3n) is 2.79. The van der Waals surface area contributed by atoms with E-state index in [1.807, 2.05) is 0 Å². The number of ether oxygens (including phenoxy) is 2. The first-order valence-corrected chi connectivity index (χ1v) is 4.87. The van der Waals surface area contributed by atoms with Crippen LogP contribution in [0.25, 0.3) is 0 Å². The zero-order chi connectivity index (χ0) is 9.31. The second kappa shape index (κ2) is 3.53. The average Bonchev–Trinajstić information content (AvgIpc) is 2.14. The largest absolute Gasteiger partial charge is 0.391 e. The Balaban J connectivity index is 2.03. The topological polar surface area (TPSA) is 58.9 Å². The maximum Gasteiger partial charge on any atom is 0.194 e. The Bertz CT molecular complexity index is 176. The van der Waals surface area contributed by atoms with Gasteiger partial charge in [0.25, 0.3) is 0 Å². The summed E-state index contributed by atoms with van der Waals surface area (Å²) in [4.78, 5) is 0. The van der Waals surface area contributed by atoms with Crippen LogP contribution in [0.15, 0.2) is 0 Å². The summed E-state index contributed by atoms with van der Waals surface area (Å²) in [5, 5.41) is 19.0. The van der Waals surface area contributed by atoms with Crippen LogP contribution in [0.1, 0.15) is 25.7 Å². The van der Waals surface area contributed by atoms with E-state index in [4.69, 9.17) is 9.47 Å². The highest BCUT2D eigenvalue weighted by Gasteiger charge is 2.45. The molecule has 0 aromatic rings. The third-order valence-corrected chi connectivity index (χ3v) is 2.79. The minimum absolute atomic E-state index is 0.275. The Hall–Kier alpha value is -0.160. The molecule has 2 aliphatic heterocycles. The Morgan fingerprint density at radius 2 is 2.00 bits per heavy atom. The molecule has 13 heavy (non-hydrogen) atoms. The summed E-state index contributed by atoms with van der Waals surface area (Å²) >= 11 is 0. The molecule has 0 aromatic carbocycles. The lowest BCUT2D eigenvalue weighted by molar-refractivity contribution is -0.327. The van der Waals surface area contributed by atoms with Crippen molar-refractivity contribution < 1.29 is 19.7 Å². The van der Waals surface area contributed by atoms with Crippen LogP contribution >= 0.6 is 0 Å². The lowest BCUT2D eigenvalue weighted by atomic mass is 9.93. The molecule has 0 unspecified atom stereocenters. The molecule has 2 fully saturated rings. The van der Waals surface area contributed by atoms with Crippen molar-refractivity contribution in [1.29, 1.82) is 0 Å². The van der Waals surface area contributed by atoms with Gasteiger partial charge in [0.2, 0.25) is 0 Å². The first kappa shape index (κ1) is 9.40. The maximum atomic E-state index is 9.74. The predicted octanol–water partition coefficient (Wildman–Crippen LogP) is 0.0253. The fourth-order valence-electron chi connectivity index (χ4n) is 2.01. The summed E-state index contributed by atoms with van der Waals surface area (Å²) in [5.41, 5.74) is 0. The monoisotopic (exact) mass is 188 g/mol. The van der Waals surface area contributed by atoms with E-state index in [2.05, 4.69) is 0 Å². The molecule has 2 N–H and O–H groups in total. The minimum atomic E-state index is -0.808. The van der Waals surface area contributed by atoms with Gasteiger partial charge >= 0.3 is 0 Å². The van der Waals surface area contributed by atoms with Crippen molar-refractivity contribution in [1.82, 2.24) is 0 Å². The van der Waals surface area contributed by atoms with E-state index in [1.165, 1.54) is 0 Å². The van der Waals surface area contributed by atoms with Crippen LogP contribution in [0.3, 0.4) is 0 Å². The smallest absolute Gasteiger partial charge is 0.194 e. The molecule has 76 valence electrons. The van der Waals surface area contributed by atoms with E-state index in [1.54, 1.807) is 0 Å². The number of hydrogen-bond donors (Lipinski definition) is 2. The summed E-state index contributed by atoms with van der Waals surface area (Å²) in [6.07, 6.45) is 1.91.